The van der Waals surface area contributed by atoms with Crippen LogP contribution in [0.1, 0.15) is 18.3 Å². The molecule has 26 heavy (non-hydrogen) atoms. The number of hydrogen-bond donors (Lipinski definition) is 0. The van der Waals surface area contributed by atoms with Crippen molar-refractivity contribution >= 4 is 17.0 Å². The fourth-order valence-electron chi connectivity index (χ4n) is 2.45. The van der Waals surface area contributed by atoms with Crippen molar-refractivity contribution in [2.75, 3.05) is 7.11 Å². The molecule has 1 heterocycles. The summed E-state index contributed by atoms with van der Waals surface area (Å²) < 4.78 is 15.9. The van der Waals surface area contributed by atoms with Crippen molar-refractivity contribution in [1.82, 2.24) is 9.97 Å². The Hall–Kier alpha value is -3.15. The van der Waals surface area contributed by atoms with Gasteiger partial charge < -0.3 is 14.2 Å². The molecule has 0 unspecified atom stereocenters. The van der Waals surface area contributed by atoms with Crippen LogP contribution in [0.5, 0.6) is 11.5 Å². The first-order valence-corrected chi connectivity index (χ1v) is 8.26. The molecule has 0 spiro atoms. The molecule has 0 bridgehead atoms. The number of carbonyl (C=O) groups is 1. The maximum absolute atomic E-state index is 11.4. The van der Waals surface area contributed by atoms with Crippen LogP contribution in [0.2, 0.25) is 0 Å². The molecule has 3 aromatic rings. The van der Waals surface area contributed by atoms with Gasteiger partial charge in [-0.15, -0.1) is 0 Å². The quantitative estimate of drug-likeness (QED) is 0.633. The Morgan fingerprint density at radius 3 is 2.27 bits per heavy atom. The van der Waals surface area contributed by atoms with Crippen LogP contribution in [0.4, 0.5) is 0 Å². The van der Waals surface area contributed by atoms with Gasteiger partial charge in [-0.2, -0.15) is 0 Å². The van der Waals surface area contributed by atoms with Crippen molar-refractivity contribution in [2.45, 2.75) is 26.6 Å². The standard InChI is InChI=1S/C20H20N2O4/c1-13-19(22-18-7-5-4-6-17(18)21-13)12-25-15-8-10-16(11-9-15)26-14(2)20(23)24-3/h4-11,14H,12H2,1-3H3/t14-/m1/s1. The zero-order valence-corrected chi connectivity index (χ0v) is 14.9. The molecule has 0 aliphatic heterocycles. The summed E-state index contributed by atoms with van der Waals surface area (Å²) in [5, 5.41) is 0. The molecule has 0 saturated heterocycles. The van der Waals surface area contributed by atoms with Crippen LogP contribution in [0.25, 0.3) is 11.0 Å². The number of esters is 1. The molecular weight excluding hydrogens is 332 g/mol. The van der Waals surface area contributed by atoms with Gasteiger partial charge in [0.2, 0.25) is 0 Å². The van der Waals surface area contributed by atoms with Gasteiger partial charge in [-0.1, -0.05) is 12.1 Å². The van der Waals surface area contributed by atoms with E-state index in [4.69, 9.17) is 9.47 Å². The van der Waals surface area contributed by atoms with Gasteiger partial charge in [0.05, 0.1) is 29.5 Å². The predicted molar refractivity (Wildman–Crippen MR) is 97.2 cm³/mol. The first kappa shape index (κ1) is 17.7. The summed E-state index contributed by atoms with van der Waals surface area (Å²) in [6.45, 7) is 3.88. The van der Waals surface area contributed by atoms with Gasteiger partial charge in [0.25, 0.3) is 0 Å². The SMILES string of the molecule is COC(=O)[C@@H](C)Oc1ccc(OCc2nc3ccccc3nc2C)cc1. The summed E-state index contributed by atoms with van der Waals surface area (Å²) in [6.07, 6.45) is -0.665. The monoisotopic (exact) mass is 352 g/mol. The van der Waals surface area contributed by atoms with Gasteiger partial charge in [-0.25, -0.2) is 14.8 Å². The average molecular weight is 352 g/mol. The molecule has 2 aromatic carbocycles. The number of ether oxygens (including phenoxy) is 3. The predicted octanol–water partition coefficient (Wildman–Crippen LogP) is 3.46. The highest BCUT2D eigenvalue weighted by Crippen LogP contribution is 2.20. The second-order valence-electron chi connectivity index (χ2n) is 5.79. The Morgan fingerprint density at radius 2 is 1.62 bits per heavy atom. The highest BCUT2D eigenvalue weighted by molar-refractivity contribution is 5.74. The third-order valence-corrected chi connectivity index (χ3v) is 3.89. The molecule has 0 radical (unpaired) electrons. The summed E-state index contributed by atoms with van der Waals surface area (Å²) in [7, 11) is 1.33. The molecule has 0 N–H and O–H groups in total. The summed E-state index contributed by atoms with van der Waals surface area (Å²) in [6, 6.07) is 14.8. The number of rotatable bonds is 6. The molecule has 3 rings (SSSR count). The Labute approximate surface area is 151 Å². The number of aryl methyl sites for hydroxylation is 1. The van der Waals surface area contributed by atoms with E-state index >= 15 is 0 Å². The molecule has 0 aliphatic carbocycles. The maximum atomic E-state index is 11.4. The summed E-state index contributed by atoms with van der Waals surface area (Å²) in [5.41, 5.74) is 3.35. The first-order valence-electron chi connectivity index (χ1n) is 8.26. The van der Waals surface area contributed by atoms with E-state index < -0.39 is 12.1 Å². The second-order valence-corrected chi connectivity index (χ2v) is 5.79. The number of carbonyl (C=O) groups excluding carboxylic acids is 1. The van der Waals surface area contributed by atoms with Crippen molar-refractivity contribution in [2.24, 2.45) is 0 Å². The summed E-state index contributed by atoms with van der Waals surface area (Å²) in [5.74, 6) is 0.824. The Balaban J connectivity index is 1.65. The zero-order valence-electron chi connectivity index (χ0n) is 14.9. The van der Waals surface area contributed by atoms with Gasteiger partial charge in [-0.05, 0) is 50.2 Å². The second kappa shape index (κ2) is 7.82. The number of benzene rings is 2. The summed E-state index contributed by atoms with van der Waals surface area (Å²) in [4.78, 5) is 20.5. The average Bonchev–Trinajstić information content (AvgIpc) is 2.66. The van der Waals surface area contributed by atoms with Crippen LogP contribution in [0.15, 0.2) is 48.5 Å². The third-order valence-electron chi connectivity index (χ3n) is 3.89. The summed E-state index contributed by atoms with van der Waals surface area (Å²) >= 11 is 0. The number of fused-ring (bicyclic) bond motifs is 1. The van der Waals surface area contributed by atoms with Gasteiger partial charge in [0.1, 0.15) is 18.1 Å². The number of nitrogens with zero attached hydrogens (tertiary/aromatic N) is 2. The Kier molecular flexibility index (Phi) is 5.31. The van der Waals surface area contributed by atoms with E-state index in [1.165, 1.54) is 7.11 Å². The van der Waals surface area contributed by atoms with Crippen LogP contribution in [-0.2, 0) is 16.1 Å². The number of hydrogen-bond acceptors (Lipinski definition) is 6. The van der Waals surface area contributed by atoms with Gasteiger partial charge in [0.15, 0.2) is 6.10 Å². The van der Waals surface area contributed by atoms with E-state index in [9.17, 15) is 4.79 Å². The number of methoxy groups -OCH3 is 1. The van der Waals surface area contributed by atoms with E-state index in [0.29, 0.717) is 18.1 Å². The minimum Gasteiger partial charge on any atom is -0.487 e. The topological polar surface area (TPSA) is 70.5 Å². The molecule has 6 nitrogen and oxygen atoms in total. The Morgan fingerprint density at radius 1 is 1.00 bits per heavy atom. The molecule has 1 aromatic heterocycles. The fraction of sp³-hybridized carbons (Fsp3) is 0.250. The minimum atomic E-state index is -0.665. The highest BCUT2D eigenvalue weighted by Gasteiger charge is 2.14. The molecular formula is C20H20N2O4. The van der Waals surface area contributed by atoms with E-state index in [1.54, 1.807) is 31.2 Å². The molecule has 134 valence electrons. The first-order chi connectivity index (χ1) is 12.6. The van der Waals surface area contributed by atoms with Gasteiger partial charge in [0, 0.05) is 0 Å². The van der Waals surface area contributed by atoms with Crippen molar-refractivity contribution < 1.29 is 19.0 Å². The van der Waals surface area contributed by atoms with Crippen LogP contribution in [0.3, 0.4) is 0 Å². The lowest BCUT2D eigenvalue weighted by Crippen LogP contribution is -2.24. The van der Waals surface area contributed by atoms with Gasteiger partial charge >= 0.3 is 5.97 Å². The fourth-order valence-corrected chi connectivity index (χ4v) is 2.45. The Bertz CT molecular complexity index is 909. The molecule has 6 heteroatoms. The molecule has 0 saturated carbocycles. The number of aromatic nitrogens is 2. The molecule has 1 atom stereocenters. The van der Waals surface area contributed by atoms with Crippen LogP contribution < -0.4 is 9.47 Å². The van der Waals surface area contributed by atoms with E-state index in [-0.39, 0.29) is 0 Å². The highest BCUT2D eigenvalue weighted by atomic mass is 16.6. The third kappa shape index (κ3) is 4.08. The van der Waals surface area contributed by atoms with Crippen LogP contribution in [-0.4, -0.2) is 29.2 Å². The van der Waals surface area contributed by atoms with Crippen LogP contribution in [0, 0.1) is 6.92 Å². The number of para-hydroxylation sites is 2. The van der Waals surface area contributed by atoms with Crippen molar-refractivity contribution in [3.63, 3.8) is 0 Å². The lowest BCUT2D eigenvalue weighted by atomic mass is 10.2. The largest absolute Gasteiger partial charge is 0.487 e. The van der Waals surface area contributed by atoms with E-state index in [1.807, 2.05) is 31.2 Å². The maximum Gasteiger partial charge on any atom is 0.346 e. The lowest BCUT2D eigenvalue weighted by molar-refractivity contribution is -0.147. The smallest absolute Gasteiger partial charge is 0.346 e. The van der Waals surface area contributed by atoms with E-state index in [2.05, 4.69) is 14.7 Å². The van der Waals surface area contributed by atoms with Crippen molar-refractivity contribution in [3.8, 4) is 11.5 Å². The lowest BCUT2D eigenvalue weighted by Gasteiger charge is -2.13. The van der Waals surface area contributed by atoms with Crippen molar-refractivity contribution in [3.05, 3.63) is 59.9 Å². The zero-order chi connectivity index (χ0) is 18.5. The van der Waals surface area contributed by atoms with Crippen molar-refractivity contribution in [1.29, 1.82) is 0 Å². The molecule has 0 amide bonds. The molecule has 0 fully saturated rings. The molecule has 0 aliphatic rings. The van der Waals surface area contributed by atoms with E-state index in [0.717, 1.165) is 22.4 Å². The normalized spacial score (nSPS) is 11.8. The van der Waals surface area contributed by atoms with Gasteiger partial charge in [-0.3, -0.25) is 0 Å². The minimum absolute atomic E-state index is 0.322. The van der Waals surface area contributed by atoms with Crippen LogP contribution >= 0.6 is 0 Å².